The van der Waals surface area contributed by atoms with E-state index in [1.807, 2.05) is 19.1 Å². The highest BCUT2D eigenvalue weighted by atomic mass is 35.5. The van der Waals surface area contributed by atoms with E-state index in [1.54, 1.807) is 42.3 Å². The van der Waals surface area contributed by atoms with Crippen LogP contribution in [-0.2, 0) is 11.2 Å². The average Bonchev–Trinajstić information content (AvgIpc) is 2.54. The molecule has 0 saturated heterocycles. The lowest BCUT2D eigenvalue weighted by Gasteiger charge is -2.25. The van der Waals surface area contributed by atoms with E-state index in [0.29, 0.717) is 10.6 Å². The van der Waals surface area contributed by atoms with Gasteiger partial charge in [0.25, 0.3) is 5.69 Å². The number of hydrogen-bond donors (Lipinski definition) is 0. The van der Waals surface area contributed by atoms with Crippen molar-refractivity contribution in [2.75, 3.05) is 7.05 Å². The van der Waals surface area contributed by atoms with Gasteiger partial charge in [0.15, 0.2) is 0 Å². The summed E-state index contributed by atoms with van der Waals surface area (Å²) in [5.41, 5.74) is 1.33. The Bertz CT molecular complexity index is 716. The van der Waals surface area contributed by atoms with Crippen molar-refractivity contribution in [3.63, 3.8) is 0 Å². The highest BCUT2D eigenvalue weighted by molar-refractivity contribution is 6.30. The van der Waals surface area contributed by atoms with Crippen LogP contribution in [0.2, 0.25) is 5.02 Å². The van der Waals surface area contributed by atoms with Gasteiger partial charge in [0.1, 0.15) is 0 Å². The zero-order chi connectivity index (χ0) is 17.0. The first kappa shape index (κ1) is 17.0. The molecule has 120 valence electrons. The number of carbonyl (C=O) groups excluding carboxylic acids is 1. The number of hydrogen-bond acceptors (Lipinski definition) is 3. The van der Waals surface area contributed by atoms with Gasteiger partial charge < -0.3 is 4.90 Å². The molecule has 1 unspecified atom stereocenters. The van der Waals surface area contributed by atoms with E-state index in [1.165, 1.54) is 6.07 Å². The van der Waals surface area contributed by atoms with Crippen LogP contribution in [0.5, 0.6) is 0 Å². The molecular weight excluding hydrogens is 316 g/mol. The number of nitrogens with zero attached hydrogens (tertiary/aromatic N) is 2. The number of para-hydroxylation sites is 1. The summed E-state index contributed by atoms with van der Waals surface area (Å²) in [6.07, 6.45) is -0.00835. The fraction of sp³-hybridized carbons (Fsp3) is 0.235. The van der Waals surface area contributed by atoms with Crippen LogP contribution in [0, 0.1) is 10.1 Å². The van der Waals surface area contributed by atoms with Gasteiger partial charge in [-0.1, -0.05) is 41.9 Å². The standard InChI is InChI=1S/C17H17ClN2O3/c1-12(13-7-9-15(18)10-8-13)19(2)17(21)11-14-5-3-4-6-16(14)20(22)23/h3-10,12H,11H2,1-2H3. The van der Waals surface area contributed by atoms with Crippen molar-refractivity contribution < 1.29 is 9.72 Å². The smallest absolute Gasteiger partial charge is 0.273 e. The lowest BCUT2D eigenvalue weighted by molar-refractivity contribution is -0.385. The van der Waals surface area contributed by atoms with Crippen LogP contribution >= 0.6 is 11.6 Å². The molecule has 0 aliphatic rings. The third-order valence-corrected chi connectivity index (χ3v) is 4.11. The molecule has 0 N–H and O–H groups in total. The lowest BCUT2D eigenvalue weighted by Crippen LogP contribution is -2.31. The van der Waals surface area contributed by atoms with E-state index in [-0.39, 0.29) is 24.1 Å². The van der Waals surface area contributed by atoms with Crippen LogP contribution in [0.4, 0.5) is 5.69 Å². The quantitative estimate of drug-likeness (QED) is 0.614. The maximum Gasteiger partial charge on any atom is 0.273 e. The molecule has 2 rings (SSSR count). The molecule has 0 aliphatic carbocycles. The molecule has 0 aromatic heterocycles. The van der Waals surface area contributed by atoms with Gasteiger partial charge >= 0.3 is 0 Å². The topological polar surface area (TPSA) is 63.5 Å². The summed E-state index contributed by atoms with van der Waals surface area (Å²) >= 11 is 5.87. The van der Waals surface area contributed by atoms with E-state index in [4.69, 9.17) is 11.6 Å². The fourth-order valence-electron chi connectivity index (χ4n) is 2.31. The number of carbonyl (C=O) groups is 1. The Morgan fingerprint density at radius 3 is 2.43 bits per heavy atom. The average molecular weight is 333 g/mol. The largest absolute Gasteiger partial charge is 0.339 e. The fourth-order valence-corrected chi connectivity index (χ4v) is 2.43. The van der Waals surface area contributed by atoms with Crippen LogP contribution in [0.1, 0.15) is 24.1 Å². The first-order chi connectivity index (χ1) is 10.9. The zero-order valence-corrected chi connectivity index (χ0v) is 13.7. The molecule has 0 fully saturated rings. The molecule has 0 bridgehead atoms. The van der Waals surface area contributed by atoms with Crippen LogP contribution in [0.25, 0.3) is 0 Å². The minimum absolute atomic E-state index is 0.00835. The van der Waals surface area contributed by atoms with Crippen molar-refractivity contribution in [2.45, 2.75) is 19.4 Å². The van der Waals surface area contributed by atoms with Gasteiger partial charge in [0, 0.05) is 23.7 Å². The van der Waals surface area contributed by atoms with Crippen molar-refractivity contribution in [1.29, 1.82) is 0 Å². The van der Waals surface area contributed by atoms with Gasteiger partial charge in [-0.2, -0.15) is 0 Å². The first-order valence-electron chi connectivity index (χ1n) is 7.13. The predicted molar refractivity (Wildman–Crippen MR) is 89.4 cm³/mol. The lowest BCUT2D eigenvalue weighted by atomic mass is 10.1. The van der Waals surface area contributed by atoms with Crippen LogP contribution in [-0.4, -0.2) is 22.8 Å². The second-order valence-electron chi connectivity index (χ2n) is 5.29. The molecular formula is C17H17ClN2O3. The minimum Gasteiger partial charge on any atom is -0.339 e. The predicted octanol–water partition coefficient (Wildman–Crippen LogP) is 4.01. The number of nitro groups is 1. The molecule has 1 amide bonds. The Balaban J connectivity index is 2.14. The highest BCUT2D eigenvalue weighted by Gasteiger charge is 2.21. The third-order valence-electron chi connectivity index (χ3n) is 3.86. The second kappa shape index (κ2) is 7.24. The van der Waals surface area contributed by atoms with E-state index in [2.05, 4.69) is 0 Å². The Morgan fingerprint density at radius 2 is 1.83 bits per heavy atom. The van der Waals surface area contributed by atoms with Crippen LogP contribution in [0.15, 0.2) is 48.5 Å². The molecule has 0 spiro atoms. The third kappa shape index (κ3) is 4.07. The number of amides is 1. The summed E-state index contributed by atoms with van der Waals surface area (Å²) in [6, 6.07) is 13.4. The molecule has 0 saturated carbocycles. The van der Waals surface area contributed by atoms with Crippen molar-refractivity contribution in [2.24, 2.45) is 0 Å². The normalized spacial score (nSPS) is 11.8. The number of benzene rings is 2. The van der Waals surface area contributed by atoms with Gasteiger partial charge in [-0.05, 0) is 24.6 Å². The summed E-state index contributed by atoms with van der Waals surface area (Å²) in [7, 11) is 1.69. The highest BCUT2D eigenvalue weighted by Crippen LogP contribution is 2.23. The molecule has 0 aliphatic heterocycles. The van der Waals surface area contributed by atoms with Gasteiger partial charge in [0.2, 0.25) is 5.91 Å². The number of likely N-dealkylation sites (N-methyl/N-ethyl adjacent to an activating group) is 1. The number of rotatable bonds is 5. The van der Waals surface area contributed by atoms with Crippen molar-refractivity contribution in [1.82, 2.24) is 4.90 Å². The first-order valence-corrected chi connectivity index (χ1v) is 7.51. The molecule has 0 heterocycles. The van der Waals surface area contributed by atoms with Crippen LogP contribution < -0.4 is 0 Å². The summed E-state index contributed by atoms with van der Waals surface area (Å²) in [6.45, 7) is 1.90. The van der Waals surface area contributed by atoms with E-state index >= 15 is 0 Å². The molecule has 5 nitrogen and oxygen atoms in total. The molecule has 23 heavy (non-hydrogen) atoms. The molecule has 2 aromatic rings. The zero-order valence-electron chi connectivity index (χ0n) is 12.9. The summed E-state index contributed by atoms with van der Waals surface area (Å²) in [5.74, 6) is -0.179. The second-order valence-corrected chi connectivity index (χ2v) is 5.73. The minimum atomic E-state index is -0.467. The van der Waals surface area contributed by atoms with E-state index < -0.39 is 4.92 Å². The summed E-state index contributed by atoms with van der Waals surface area (Å²) < 4.78 is 0. The SMILES string of the molecule is CC(c1ccc(Cl)cc1)N(C)C(=O)Cc1ccccc1[N+](=O)[O-]. The van der Waals surface area contributed by atoms with E-state index in [0.717, 1.165) is 5.56 Å². The Hall–Kier alpha value is -2.40. The molecule has 1 atom stereocenters. The number of halogens is 1. The Kier molecular flexibility index (Phi) is 5.34. The maximum atomic E-state index is 12.4. The van der Waals surface area contributed by atoms with Crippen molar-refractivity contribution >= 4 is 23.2 Å². The molecule has 0 radical (unpaired) electrons. The van der Waals surface area contributed by atoms with Crippen molar-refractivity contribution in [3.05, 3.63) is 74.8 Å². The summed E-state index contributed by atoms with van der Waals surface area (Å²) in [5, 5.41) is 11.7. The monoisotopic (exact) mass is 332 g/mol. The molecule has 2 aromatic carbocycles. The van der Waals surface area contributed by atoms with Gasteiger partial charge in [-0.25, -0.2) is 0 Å². The van der Waals surface area contributed by atoms with Gasteiger partial charge in [-0.15, -0.1) is 0 Å². The Morgan fingerprint density at radius 1 is 1.22 bits per heavy atom. The summed E-state index contributed by atoms with van der Waals surface area (Å²) in [4.78, 5) is 24.6. The number of nitro benzene ring substituents is 1. The van der Waals surface area contributed by atoms with E-state index in [9.17, 15) is 14.9 Å². The Labute approximate surface area is 139 Å². The van der Waals surface area contributed by atoms with Gasteiger partial charge in [-0.3, -0.25) is 14.9 Å². The maximum absolute atomic E-state index is 12.4. The van der Waals surface area contributed by atoms with Crippen LogP contribution in [0.3, 0.4) is 0 Å². The van der Waals surface area contributed by atoms with Gasteiger partial charge in [0.05, 0.1) is 17.4 Å². The van der Waals surface area contributed by atoms with Crippen molar-refractivity contribution in [3.8, 4) is 0 Å². The molecule has 6 heteroatoms.